The van der Waals surface area contributed by atoms with Gasteiger partial charge in [-0.3, -0.25) is 0 Å². The summed E-state index contributed by atoms with van der Waals surface area (Å²) in [6, 6.07) is 4.70. The van der Waals surface area contributed by atoms with E-state index in [2.05, 4.69) is 26.1 Å². The van der Waals surface area contributed by atoms with Crippen molar-refractivity contribution < 1.29 is 9.13 Å². The zero-order chi connectivity index (χ0) is 15.9. The van der Waals surface area contributed by atoms with E-state index >= 15 is 0 Å². The molecule has 0 aromatic heterocycles. The van der Waals surface area contributed by atoms with Crippen LogP contribution in [0, 0.1) is 5.82 Å². The molecule has 1 aromatic carbocycles. The molecular formula is C17H27ClFNO. The molecule has 1 rings (SSSR count). The number of benzene rings is 1. The van der Waals surface area contributed by atoms with E-state index in [-0.39, 0.29) is 11.9 Å². The van der Waals surface area contributed by atoms with Gasteiger partial charge in [0.25, 0.3) is 0 Å². The summed E-state index contributed by atoms with van der Waals surface area (Å²) in [6.45, 7) is 9.70. The van der Waals surface area contributed by atoms with Gasteiger partial charge in [-0.2, -0.15) is 0 Å². The molecule has 0 aliphatic carbocycles. The van der Waals surface area contributed by atoms with Crippen LogP contribution in [0.4, 0.5) is 4.39 Å². The minimum Gasteiger partial charge on any atom is -0.373 e. The lowest BCUT2D eigenvalue weighted by Gasteiger charge is -2.40. The van der Waals surface area contributed by atoms with Crippen molar-refractivity contribution in [2.75, 3.05) is 13.2 Å². The summed E-state index contributed by atoms with van der Waals surface area (Å²) in [7, 11) is 0. The number of halogens is 2. The normalized spacial score (nSPS) is 13.4. The van der Waals surface area contributed by atoms with Crippen molar-refractivity contribution in [1.29, 1.82) is 0 Å². The first-order chi connectivity index (χ1) is 10.0. The molecule has 1 aromatic rings. The van der Waals surface area contributed by atoms with Gasteiger partial charge < -0.3 is 10.1 Å². The third kappa shape index (κ3) is 4.41. The molecule has 0 heterocycles. The lowest BCUT2D eigenvalue weighted by molar-refractivity contribution is -0.0739. The molecule has 0 bridgehead atoms. The molecular weight excluding hydrogens is 289 g/mol. The number of nitrogens with one attached hydrogen (secondary N) is 1. The molecule has 0 amide bonds. The smallest absolute Gasteiger partial charge is 0.129 e. The number of hydrogen-bond acceptors (Lipinski definition) is 2. The fraction of sp³-hybridized carbons (Fsp3) is 0.647. The first-order valence-electron chi connectivity index (χ1n) is 7.86. The SMILES string of the molecule is CCCNC(c1ccc(Cl)cc1F)C(CC)(CC)OCC. The van der Waals surface area contributed by atoms with Crippen molar-refractivity contribution in [2.45, 2.75) is 58.6 Å². The second kappa shape index (κ2) is 8.72. The van der Waals surface area contributed by atoms with Crippen LogP contribution in [-0.4, -0.2) is 18.8 Å². The van der Waals surface area contributed by atoms with Crippen LogP contribution < -0.4 is 5.32 Å². The molecule has 21 heavy (non-hydrogen) atoms. The predicted octanol–water partition coefficient (Wildman–Crippen LogP) is 5.12. The predicted molar refractivity (Wildman–Crippen MR) is 87.4 cm³/mol. The lowest BCUT2D eigenvalue weighted by Crippen LogP contribution is -2.46. The Morgan fingerprint density at radius 1 is 1.24 bits per heavy atom. The Kier molecular flexibility index (Phi) is 7.64. The van der Waals surface area contributed by atoms with Gasteiger partial charge >= 0.3 is 0 Å². The van der Waals surface area contributed by atoms with Crippen LogP contribution in [0.1, 0.15) is 58.6 Å². The van der Waals surface area contributed by atoms with Crippen LogP contribution in [-0.2, 0) is 4.74 Å². The van der Waals surface area contributed by atoms with Gasteiger partial charge in [-0.1, -0.05) is 38.4 Å². The molecule has 1 atom stereocenters. The molecule has 0 radical (unpaired) electrons. The summed E-state index contributed by atoms with van der Waals surface area (Å²) in [4.78, 5) is 0. The highest BCUT2D eigenvalue weighted by molar-refractivity contribution is 6.30. The first-order valence-corrected chi connectivity index (χ1v) is 8.24. The quantitative estimate of drug-likeness (QED) is 0.683. The molecule has 1 N–H and O–H groups in total. The van der Waals surface area contributed by atoms with Crippen LogP contribution in [0.25, 0.3) is 0 Å². The van der Waals surface area contributed by atoms with Crippen molar-refractivity contribution in [3.63, 3.8) is 0 Å². The van der Waals surface area contributed by atoms with E-state index in [9.17, 15) is 4.39 Å². The van der Waals surface area contributed by atoms with Crippen molar-refractivity contribution in [3.8, 4) is 0 Å². The van der Waals surface area contributed by atoms with Gasteiger partial charge in [0, 0.05) is 17.2 Å². The lowest BCUT2D eigenvalue weighted by atomic mass is 9.83. The third-order valence-corrected chi connectivity index (χ3v) is 4.26. The molecule has 120 valence electrons. The number of rotatable bonds is 9. The fourth-order valence-corrected chi connectivity index (χ4v) is 3.00. The monoisotopic (exact) mass is 315 g/mol. The Morgan fingerprint density at radius 2 is 1.90 bits per heavy atom. The van der Waals surface area contributed by atoms with Gasteiger partial charge in [0.2, 0.25) is 0 Å². The van der Waals surface area contributed by atoms with Crippen molar-refractivity contribution in [3.05, 3.63) is 34.6 Å². The topological polar surface area (TPSA) is 21.3 Å². The Balaban J connectivity index is 3.24. The Labute approximate surface area is 133 Å². The van der Waals surface area contributed by atoms with Crippen molar-refractivity contribution >= 4 is 11.6 Å². The fourth-order valence-electron chi connectivity index (χ4n) is 2.84. The molecule has 2 nitrogen and oxygen atoms in total. The number of ether oxygens (including phenoxy) is 1. The standard InChI is InChI=1S/C17H27ClFNO/c1-5-11-20-16(17(6-2,7-3)21-8-4)14-10-9-13(18)12-15(14)19/h9-10,12,16,20H,5-8,11H2,1-4H3. The van der Waals surface area contributed by atoms with E-state index in [1.54, 1.807) is 12.1 Å². The second-order valence-electron chi connectivity index (χ2n) is 5.26. The molecule has 0 saturated carbocycles. The van der Waals surface area contributed by atoms with E-state index in [1.165, 1.54) is 6.07 Å². The van der Waals surface area contributed by atoms with Crippen LogP contribution in [0.15, 0.2) is 18.2 Å². The summed E-state index contributed by atoms with van der Waals surface area (Å²) in [5.41, 5.74) is 0.225. The second-order valence-corrected chi connectivity index (χ2v) is 5.69. The van der Waals surface area contributed by atoms with Gasteiger partial charge in [-0.25, -0.2) is 4.39 Å². The molecule has 0 aliphatic rings. The summed E-state index contributed by atoms with van der Waals surface area (Å²) in [5, 5.41) is 3.88. The van der Waals surface area contributed by atoms with Crippen LogP contribution >= 0.6 is 11.6 Å². The van der Waals surface area contributed by atoms with Crippen molar-refractivity contribution in [2.24, 2.45) is 0 Å². The molecule has 1 unspecified atom stereocenters. The Morgan fingerprint density at radius 3 is 2.38 bits per heavy atom. The highest BCUT2D eigenvalue weighted by Crippen LogP contribution is 2.37. The van der Waals surface area contributed by atoms with E-state index in [4.69, 9.17) is 16.3 Å². The minimum atomic E-state index is -0.404. The highest BCUT2D eigenvalue weighted by atomic mass is 35.5. The summed E-state index contributed by atoms with van der Waals surface area (Å²) >= 11 is 5.88. The maximum atomic E-state index is 14.4. The molecule has 0 fully saturated rings. The van der Waals surface area contributed by atoms with Gasteiger partial charge in [-0.05, 0) is 44.9 Å². The van der Waals surface area contributed by atoms with Gasteiger partial charge in [0.15, 0.2) is 0 Å². The Bertz CT molecular complexity index is 435. The summed E-state index contributed by atoms with van der Waals surface area (Å²) in [5.74, 6) is -0.276. The molecule has 4 heteroatoms. The van der Waals surface area contributed by atoms with E-state index in [1.807, 2.05) is 6.92 Å². The zero-order valence-electron chi connectivity index (χ0n) is 13.5. The average Bonchev–Trinajstić information content (AvgIpc) is 2.47. The van der Waals surface area contributed by atoms with Crippen LogP contribution in [0.2, 0.25) is 5.02 Å². The van der Waals surface area contributed by atoms with Gasteiger partial charge in [0.05, 0.1) is 11.6 Å². The maximum absolute atomic E-state index is 14.4. The Hall–Kier alpha value is -0.640. The molecule has 0 spiro atoms. The van der Waals surface area contributed by atoms with E-state index < -0.39 is 5.60 Å². The largest absolute Gasteiger partial charge is 0.373 e. The van der Waals surface area contributed by atoms with Crippen molar-refractivity contribution in [1.82, 2.24) is 5.32 Å². The van der Waals surface area contributed by atoms with E-state index in [0.29, 0.717) is 17.2 Å². The third-order valence-electron chi connectivity index (χ3n) is 4.03. The maximum Gasteiger partial charge on any atom is 0.129 e. The minimum absolute atomic E-state index is 0.176. The summed E-state index contributed by atoms with van der Waals surface area (Å²) in [6.07, 6.45) is 2.63. The zero-order valence-corrected chi connectivity index (χ0v) is 14.3. The van der Waals surface area contributed by atoms with E-state index in [0.717, 1.165) is 25.8 Å². The highest BCUT2D eigenvalue weighted by Gasteiger charge is 2.38. The number of hydrogen-bond donors (Lipinski definition) is 1. The summed E-state index contributed by atoms with van der Waals surface area (Å²) < 4.78 is 20.5. The first kappa shape index (κ1) is 18.4. The van der Waals surface area contributed by atoms with Gasteiger partial charge in [0.1, 0.15) is 5.82 Å². The van der Waals surface area contributed by atoms with Crippen LogP contribution in [0.5, 0.6) is 0 Å². The van der Waals surface area contributed by atoms with Gasteiger partial charge in [-0.15, -0.1) is 0 Å². The molecule has 0 aliphatic heterocycles. The average molecular weight is 316 g/mol. The van der Waals surface area contributed by atoms with Crippen LogP contribution in [0.3, 0.4) is 0 Å². The molecule has 0 saturated heterocycles.